The maximum absolute atomic E-state index is 7.98. The molecule has 2 aliphatic carbocycles. The maximum atomic E-state index is 7.98. The molecule has 13 heavy (non-hydrogen) atoms. The maximum Gasteiger partial charge on any atom is 0.0992 e. The Bertz CT molecular complexity index is 197. The molecule has 0 heterocycles. The zero-order chi connectivity index (χ0) is 9.26. The first-order valence-electron chi connectivity index (χ1n) is 5.17. The number of rotatable bonds is 5. The number of nitrogens with one attached hydrogen (secondary N) is 1. The molecular formula is C10H18N2O. The molecule has 2 saturated carbocycles. The van der Waals surface area contributed by atoms with Gasteiger partial charge in [0.25, 0.3) is 0 Å². The van der Waals surface area contributed by atoms with E-state index in [1.165, 1.54) is 25.7 Å². The second-order valence-corrected chi connectivity index (χ2v) is 4.08. The van der Waals surface area contributed by atoms with E-state index in [9.17, 15) is 0 Å². The molecule has 0 amide bonds. The van der Waals surface area contributed by atoms with Gasteiger partial charge < -0.3 is 9.64 Å². The van der Waals surface area contributed by atoms with Gasteiger partial charge in [-0.3, -0.25) is 5.41 Å². The van der Waals surface area contributed by atoms with Gasteiger partial charge in [-0.1, -0.05) is 0 Å². The minimum atomic E-state index is 0.581. The number of amidine groups is 1. The minimum Gasteiger partial charge on any atom is -0.383 e. The zero-order valence-electron chi connectivity index (χ0n) is 8.25. The van der Waals surface area contributed by atoms with Crippen molar-refractivity contribution in [2.45, 2.75) is 31.7 Å². The van der Waals surface area contributed by atoms with Gasteiger partial charge in [-0.25, -0.2) is 0 Å². The lowest BCUT2D eigenvalue weighted by Gasteiger charge is -2.24. The third-order valence-corrected chi connectivity index (χ3v) is 2.80. The highest BCUT2D eigenvalue weighted by atomic mass is 16.5. The first kappa shape index (κ1) is 9.00. The predicted octanol–water partition coefficient (Wildman–Crippen LogP) is 1.48. The van der Waals surface area contributed by atoms with Crippen molar-refractivity contribution in [1.82, 2.24) is 4.90 Å². The van der Waals surface area contributed by atoms with Crippen LogP contribution in [0.3, 0.4) is 0 Å². The van der Waals surface area contributed by atoms with Crippen LogP contribution in [0.4, 0.5) is 0 Å². The monoisotopic (exact) mass is 182 g/mol. The topological polar surface area (TPSA) is 36.3 Å². The lowest BCUT2D eigenvalue weighted by Crippen LogP contribution is -2.36. The number of methoxy groups -OCH3 is 1. The molecule has 0 radical (unpaired) electrons. The van der Waals surface area contributed by atoms with Crippen LogP contribution in [0.15, 0.2) is 0 Å². The molecule has 0 spiro atoms. The molecule has 74 valence electrons. The van der Waals surface area contributed by atoms with E-state index in [0.717, 1.165) is 19.0 Å². The highest BCUT2D eigenvalue weighted by Crippen LogP contribution is 2.35. The molecule has 2 rings (SSSR count). The summed E-state index contributed by atoms with van der Waals surface area (Å²) in [6, 6.07) is 0.670. The first-order chi connectivity index (χ1) is 6.33. The van der Waals surface area contributed by atoms with Crippen LogP contribution in [0.1, 0.15) is 25.7 Å². The van der Waals surface area contributed by atoms with Gasteiger partial charge in [-0.05, 0) is 25.7 Å². The van der Waals surface area contributed by atoms with Crippen LogP contribution in [0.25, 0.3) is 0 Å². The third kappa shape index (κ3) is 2.21. The summed E-state index contributed by atoms with van der Waals surface area (Å²) in [5.74, 6) is 1.46. The summed E-state index contributed by atoms with van der Waals surface area (Å²) >= 11 is 0. The van der Waals surface area contributed by atoms with E-state index >= 15 is 0 Å². The molecule has 2 fully saturated rings. The van der Waals surface area contributed by atoms with E-state index in [0.29, 0.717) is 12.0 Å². The van der Waals surface area contributed by atoms with Gasteiger partial charge in [0.15, 0.2) is 0 Å². The van der Waals surface area contributed by atoms with E-state index in [1.807, 2.05) is 0 Å². The minimum absolute atomic E-state index is 0.581. The van der Waals surface area contributed by atoms with E-state index in [4.69, 9.17) is 10.1 Å². The van der Waals surface area contributed by atoms with Gasteiger partial charge in [-0.2, -0.15) is 0 Å². The molecule has 0 aliphatic heterocycles. The van der Waals surface area contributed by atoms with Crippen LogP contribution in [0.5, 0.6) is 0 Å². The number of hydrogen-bond acceptors (Lipinski definition) is 2. The van der Waals surface area contributed by atoms with E-state index in [2.05, 4.69) is 4.90 Å². The molecule has 3 nitrogen and oxygen atoms in total. The molecule has 0 aromatic carbocycles. The fraction of sp³-hybridized carbons (Fsp3) is 0.900. The largest absolute Gasteiger partial charge is 0.383 e. The van der Waals surface area contributed by atoms with Crippen molar-refractivity contribution in [1.29, 1.82) is 5.41 Å². The first-order valence-corrected chi connectivity index (χ1v) is 5.17. The number of nitrogens with zero attached hydrogens (tertiary/aromatic N) is 1. The molecule has 0 aromatic heterocycles. The average Bonchev–Trinajstić information content (AvgIpc) is 2.98. The van der Waals surface area contributed by atoms with Gasteiger partial charge in [0, 0.05) is 25.6 Å². The van der Waals surface area contributed by atoms with E-state index in [-0.39, 0.29) is 0 Å². The Hall–Kier alpha value is -0.570. The lowest BCUT2D eigenvalue weighted by atomic mass is 10.3. The van der Waals surface area contributed by atoms with Gasteiger partial charge in [0.1, 0.15) is 0 Å². The standard InChI is InChI=1S/C10H18N2O/c1-13-7-6-12(9-4-5-9)10(11)8-2-3-8/h8-9,11H,2-7H2,1H3. The molecule has 0 saturated heterocycles. The van der Waals surface area contributed by atoms with Crippen molar-refractivity contribution in [3.05, 3.63) is 0 Å². The average molecular weight is 182 g/mol. The summed E-state index contributed by atoms with van der Waals surface area (Å²) < 4.78 is 5.06. The summed E-state index contributed by atoms with van der Waals surface area (Å²) in [7, 11) is 1.73. The van der Waals surface area contributed by atoms with Crippen molar-refractivity contribution in [3.63, 3.8) is 0 Å². The van der Waals surface area contributed by atoms with Gasteiger partial charge in [0.05, 0.1) is 12.4 Å². The van der Waals surface area contributed by atoms with Crippen molar-refractivity contribution >= 4 is 5.84 Å². The van der Waals surface area contributed by atoms with Crippen molar-refractivity contribution in [2.75, 3.05) is 20.3 Å². The molecule has 3 heteroatoms. The molecule has 1 N–H and O–H groups in total. The Morgan fingerprint density at radius 2 is 2.08 bits per heavy atom. The van der Waals surface area contributed by atoms with Crippen LogP contribution in [-0.2, 0) is 4.74 Å². The number of hydrogen-bond donors (Lipinski definition) is 1. The summed E-state index contributed by atoms with van der Waals surface area (Å²) in [6.45, 7) is 1.67. The molecule has 0 aromatic rings. The summed E-state index contributed by atoms with van der Waals surface area (Å²) in [6.07, 6.45) is 5.02. The Labute approximate surface area is 79.6 Å². The van der Waals surface area contributed by atoms with Crippen molar-refractivity contribution in [2.24, 2.45) is 5.92 Å². The second kappa shape index (κ2) is 3.66. The van der Waals surface area contributed by atoms with Gasteiger partial charge >= 0.3 is 0 Å². The fourth-order valence-corrected chi connectivity index (χ4v) is 1.67. The van der Waals surface area contributed by atoms with Crippen LogP contribution < -0.4 is 0 Å². The fourth-order valence-electron chi connectivity index (χ4n) is 1.67. The highest BCUT2D eigenvalue weighted by Gasteiger charge is 2.36. The molecule has 0 unspecified atom stereocenters. The zero-order valence-corrected chi connectivity index (χ0v) is 8.25. The Morgan fingerprint density at radius 1 is 1.38 bits per heavy atom. The Morgan fingerprint density at radius 3 is 2.54 bits per heavy atom. The quantitative estimate of drug-likeness (QED) is 0.516. The Balaban J connectivity index is 1.83. The normalized spacial score (nSPS) is 21.6. The van der Waals surface area contributed by atoms with Crippen molar-refractivity contribution in [3.8, 4) is 0 Å². The van der Waals surface area contributed by atoms with Gasteiger partial charge in [-0.15, -0.1) is 0 Å². The van der Waals surface area contributed by atoms with Crippen molar-refractivity contribution < 1.29 is 4.74 Å². The Kier molecular flexibility index (Phi) is 2.54. The summed E-state index contributed by atoms with van der Waals surface area (Å²) in [5.41, 5.74) is 0. The van der Waals surface area contributed by atoms with E-state index < -0.39 is 0 Å². The van der Waals surface area contributed by atoms with E-state index in [1.54, 1.807) is 7.11 Å². The molecule has 0 bridgehead atoms. The van der Waals surface area contributed by atoms with Crippen LogP contribution >= 0.6 is 0 Å². The second-order valence-electron chi connectivity index (χ2n) is 4.08. The summed E-state index contributed by atoms with van der Waals surface area (Å²) in [5, 5.41) is 7.98. The molecule has 2 aliphatic rings. The number of ether oxygens (including phenoxy) is 1. The molecular weight excluding hydrogens is 164 g/mol. The van der Waals surface area contributed by atoms with Crippen LogP contribution in [0.2, 0.25) is 0 Å². The van der Waals surface area contributed by atoms with Gasteiger partial charge in [0.2, 0.25) is 0 Å². The van der Waals surface area contributed by atoms with Crippen LogP contribution in [-0.4, -0.2) is 37.0 Å². The highest BCUT2D eigenvalue weighted by molar-refractivity contribution is 5.84. The summed E-state index contributed by atoms with van der Waals surface area (Å²) in [4.78, 5) is 2.25. The smallest absolute Gasteiger partial charge is 0.0992 e. The SMILES string of the molecule is COCCN(C(=N)C1CC1)C1CC1. The molecule has 0 atom stereocenters. The lowest BCUT2D eigenvalue weighted by molar-refractivity contribution is 0.172. The van der Waals surface area contributed by atoms with Crippen LogP contribution in [0, 0.1) is 11.3 Å². The predicted molar refractivity (Wildman–Crippen MR) is 52.1 cm³/mol. The third-order valence-electron chi connectivity index (χ3n) is 2.80.